The Labute approximate surface area is 234 Å². The highest BCUT2D eigenvalue weighted by atomic mass is 32.2. The summed E-state index contributed by atoms with van der Waals surface area (Å²) in [6.07, 6.45) is 2.70. The zero-order valence-electron chi connectivity index (χ0n) is 22.2. The van der Waals surface area contributed by atoms with Gasteiger partial charge < -0.3 is 20.1 Å². The number of hydrogen-bond acceptors (Lipinski definition) is 5. The van der Waals surface area contributed by atoms with Crippen LogP contribution in [-0.4, -0.2) is 30.7 Å². The number of ether oxygens (including phenoxy) is 1. The number of aromatic nitrogens is 1. The minimum Gasteiger partial charge on any atom is -0.481 e. The van der Waals surface area contributed by atoms with Gasteiger partial charge in [0.05, 0.1) is 10.6 Å². The van der Waals surface area contributed by atoms with Gasteiger partial charge in [-0.2, -0.15) is 0 Å². The van der Waals surface area contributed by atoms with Crippen LogP contribution in [0, 0.1) is 17.5 Å². The topological polar surface area (TPSA) is 108 Å². The highest BCUT2D eigenvalue weighted by Gasteiger charge is 2.28. The van der Waals surface area contributed by atoms with Gasteiger partial charge in [-0.05, 0) is 47.4 Å². The van der Waals surface area contributed by atoms with Gasteiger partial charge >= 0.3 is 5.97 Å². The Bertz CT molecular complexity index is 1800. The molecule has 5 rings (SSSR count). The molecule has 11 heteroatoms. The summed E-state index contributed by atoms with van der Waals surface area (Å²) in [5.74, 6) is -3.35. The smallest absolute Gasteiger partial charge is 0.303 e. The monoisotopic (exact) mass is 584 g/mol. The Balaban J connectivity index is 1.39. The Morgan fingerprint density at radius 1 is 1.10 bits per heavy atom. The van der Waals surface area contributed by atoms with Gasteiger partial charge in [0, 0.05) is 53.2 Å². The maximum absolute atomic E-state index is 15.2. The summed E-state index contributed by atoms with van der Waals surface area (Å²) in [7, 11) is -3.80. The van der Waals surface area contributed by atoms with Crippen molar-refractivity contribution in [3.8, 4) is 0 Å². The van der Waals surface area contributed by atoms with Crippen LogP contribution in [0.2, 0.25) is 0 Å². The molecule has 3 aromatic carbocycles. The van der Waals surface area contributed by atoms with Crippen molar-refractivity contribution < 1.29 is 36.2 Å². The van der Waals surface area contributed by atoms with Gasteiger partial charge in [-0.3, -0.25) is 4.79 Å². The number of carboxylic acids is 1. The Morgan fingerprint density at radius 3 is 2.61 bits per heavy atom. The number of carboxylic acid groups (broad SMARTS) is 1. The van der Waals surface area contributed by atoms with Gasteiger partial charge in [0.15, 0.2) is 16.1 Å². The molecular formula is C30H27F3N2O5S. The van der Waals surface area contributed by atoms with Gasteiger partial charge in [-0.15, -0.1) is 0 Å². The summed E-state index contributed by atoms with van der Waals surface area (Å²) in [6.45, 7) is 1.74. The van der Waals surface area contributed by atoms with Crippen molar-refractivity contribution in [1.82, 2.24) is 10.3 Å². The molecule has 3 N–H and O–H groups in total. The molecule has 0 radical (unpaired) electrons. The van der Waals surface area contributed by atoms with Crippen molar-refractivity contribution in [2.24, 2.45) is 0 Å². The van der Waals surface area contributed by atoms with E-state index < -0.39 is 45.4 Å². The lowest BCUT2D eigenvalue weighted by atomic mass is 9.94. The van der Waals surface area contributed by atoms with Crippen LogP contribution in [0.25, 0.3) is 10.9 Å². The molecule has 0 saturated heterocycles. The lowest BCUT2D eigenvalue weighted by molar-refractivity contribution is -0.136. The molecule has 2 heterocycles. The van der Waals surface area contributed by atoms with Crippen LogP contribution >= 0.6 is 0 Å². The van der Waals surface area contributed by atoms with Crippen molar-refractivity contribution in [1.29, 1.82) is 0 Å². The molecule has 7 nitrogen and oxygen atoms in total. The molecular weight excluding hydrogens is 557 g/mol. The summed E-state index contributed by atoms with van der Waals surface area (Å²) in [5.41, 5.74) is 2.00. The van der Waals surface area contributed by atoms with Gasteiger partial charge in [0.25, 0.3) is 0 Å². The SMILES string of the molecule is C[C@H](C1=COC(c2cc(Cc3c(F)cc4[nH]ccc4c3S(C)(=O)=O)ccc2F)N1)c1cccc(CCC(=O)O)c1F. The van der Waals surface area contributed by atoms with Crippen LogP contribution in [0.15, 0.2) is 71.6 Å². The highest BCUT2D eigenvalue weighted by molar-refractivity contribution is 7.91. The molecule has 41 heavy (non-hydrogen) atoms. The number of fused-ring (bicyclic) bond motifs is 1. The lowest BCUT2D eigenvalue weighted by Gasteiger charge is -2.19. The maximum Gasteiger partial charge on any atom is 0.303 e. The number of aliphatic carboxylic acids is 1. The van der Waals surface area contributed by atoms with E-state index in [-0.39, 0.29) is 40.8 Å². The summed E-state index contributed by atoms with van der Waals surface area (Å²) >= 11 is 0. The van der Waals surface area contributed by atoms with E-state index >= 15 is 8.78 Å². The number of benzene rings is 3. The summed E-state index contributed by atoms with van der Waals surface area (Å²) in [6, 6.07) is 11.7. The number of halogens is 3. The second-order valence-electron chi connectivity index (χ2n) is 10.1. The van der Waals surface area contributed by atoms with Crippen molar-refractivity contribution in [2.45, 2.75) is 43.2 Å². The fourth-order valence-corrected chi connectivity index (χ4v) is 6.35. The second kappa shape index (κ2) is 11.0. The van der Waals surface area contributed by atoms with Crippen LogP contribution in [-0.2, 0) is 32.2 Å². The predicted molar refractivity (Wildman–Crippen MR) is 146 cm³/mol. The van der Waals surface area contributed by atoms with Crippen molar-refractivity contribution in [3.05, 3.63) is 112 Å². The zero-order chi connectivity index (χ0) is 29.5. The van der Waals surface area contributed by atoms with E-state index in [2.05, 4.69) is 10.3 Å². The number of allylic oxidation sites excluding steroid dienone is 1. The molecule has 1 aliphatic heterocycles. The third kappa shape index (κ3) is 5.67. The first-order chi connectivity index (χ1) is 19.4. The fourth-order valence-electron chi connectivity index (χ4n) is 5.16. The van der Waals surface area contributed by atoms with Gasteiger partial charge in [-0.1, -0.05) is 31.2 Å². The van der Waals surface area contributed by atoms with Crippen LogP contribution in [0.5, 0.6) is 0 Å². The summed E-state index contributed by atoms with van der Waals surface area (Å²) in [4.78, 5) is 13.6. The highest BCUT2D eigenvalue weighted by Crippen LogP contribution is 2.35. The molecule has 0 saturated carbocycles. The third-order valence-electron chi connectivity index (χ3n) is 7.23. The minimum absolute atomic E-state index is 0.0249. The summed E-state index contributed by atoms with van der Waals surface area (Å²) < 4.78 is 76.2. The molecule has 214 valence electrons. The number of H-pyrrole nitrogens is 1. The zero-order valence-corrected chi connectivity index (χ0v) is 23.0. The predicted octanol–water partition coefficient (Wildman–Crippen LogP) is 5.86. The lowest BCUT2D eigenvalue weighted by Crippen LogP contribution is -2.20. The second-order valence-corrected chi connectivity index (χ2v) is 12.0. The normalized spacial score (nSPS) is 15.8. The Morgan fingerprint density at radius 2 is 1.88 bits per heavy atom. The molecule has 1 aliphatic rings. The number of aromatic amines is 1. The molecule has 1 aromatic heterocycles. The standard InChI is InChI=1S/C30H27F3N2O5S/c1-16(19-5-3-4-18(28(19)33)7-9-27(36)37)26-15-40-30(35-26)22-13-17(6-8-23(22)31)12-21-24(32)14-25-20(10-11-34-25)29(21)41(2,38)39/h3-6,8,10-11,13-16,30,34-35H,7,9,12H2,1-2H3,(H,36,37)/t16-,30?/m0/s1. The van der Waals surface area contributed by atoms with E-state index in [0.717, 1.165) is 6.26 Å². The van der Waals surface area contributed by atoms with E-state index in [1.807, 2.05) is 0 Å². The van der Waals surface area contributed by atoms with E-state index in [4.69, 9.17) is 9.84 Å². The maximum atomic E-state index is 15.2. The quantitative estimate of drug-likeness (QED) is 0.228. The van der Waals surface area contributed by atoms with Crippen LogP contribution in [0.1, 0.15) is 53.3 Å². The third-order valence-corrected chi connectivity index (χ3v) is 8.44. The largest absolute Gasteiger partial charge is 0.481 e. The molecule has 2 atom stereocenters. The van der Waals surface area contributed by atoms with Crippen LogP contribution in [0.4, 0.5) is 13.2 Å². The Kier molecular flexibility index (Phi) is 7.56. The number of carbonyl (C=O) groups is 1. The van der Waals surface area contributed by atoms with Crippen molar-refractivity contribution in [2.75, 3.05) is 6.26 Å². The first-order valence-corrected chi connectivity index (χ1v) is 14.7. The minimum atomic E-state index is -3.80. The van der Waals surface area contributed by atoms with E-state index in [0.29, 0.717) is 27.7 Å². The number of aryl methyl sites for hydroxylation is 1. The molecule has 0 amide bonds. The van der Waals surface area contributed by atoms with Gasteiger partial charge in [0.2, 0.25) is 0 Å². The fraction of sp³-hybridized carbons (Fsp3) is 0.233. The van der Waals surface area contributed by atoms with Gasteiger partial charge in [-0.25, -0.2) is 21.6 Å². The Hall–Kier alpha value is -4.25. The van der Waals surface area contributed by atoms with Gasteiger partial charge in [0.1, 0.15) is 23.7 Å². The molecule has 0 bridgehead atoms. The molecule has 0 fully saturated rings. The first-order valence-electron chi connectivity index (χ1n) is 12.8. The molecule has 0 aliphatic carbocycles. The molecule has 1 unspecified atom stereocenters. The molecule has 4 aromatic rings. The average molecular weight is 585 g/mol. The van der Waals surface area contributed by atoms with Crippen LogP contribution in [0.3, 0.4) is 0 Å². The van der Waals surface area contributed by atoms with Crippen LogP contribution < -0.4 is 5.32 Å². The molecule has 0 spiro atoms. The van der Waals surface area contributed by atoms with E-state index in [1.54, 1.807) is 25.1 Å². The average Bonchev–Trinajstić information content (AvgIpc) is 3.58. The number of hydrogen-bond donors (Lipinski definition) is 3. The first kappa shape index (κ1) is 28.3. The number of rotatable bonds is 9. The van der Waals surface area contributed by atoms with E-state index in [9.17, 15) is 17.6 Å². The van der Waals surface area contributed by atoms with Crippen molar-refractivity contribution in [3.63, 3.8) is 0 Å². The van der Waals surface area contributed by atoms with Crippen molar-refractivity contribution >= 4 is 26.7 Å². The number of nitrogens with one attached hydrogen (secondary N) is 2. The number of sulfone groups is 1. The van der Waals surface area contributed by atoms with E-state index in [1.165, 1.54) is 42.8 Å². The summed E-state index contributed by atoms with van der Waals surface area (Å²) in [5, 5.41) is 12.4.